The van der Waals surface area contributed by atoms with E-state index in [1.54, 1.807) is 0 Å². The van der Waals surface area contributed by atoms with Crippen LogP contribution in [0.1, 0.15) is 46.6 Å². The highest BCUT2D eigenvalue weighted by Crippen LogP contribution is 2.24. The Morgan fingerprint density at radius 3 is 1.89 bits per heavy atom. The number of rotatable bonds is 4. The van der Waals surface area contributed by atoms with Crippen molar-refractivity contribution in [2.45, 2.75) is 52.0 Å². The van der Waals surface area contributed by atoms with Gasteiger partial charge in [0.1, 0.15) is 0 Å². The van der Waals surface area contributed by atoms with Crippen molar-refractivity contribution in [3.8, 4) is 0 Å². The Hall–Kier alpha value is -1.02. The van der Waals surface area contributed by atoms with Crippen molar-refractivity contribution >= 4 is 5.69 Å². The van der Waals surface area contributed by atoms with Crippen LogP contribution in [0.15, 0.2) is 24.3 Å². The van der Waals surface area contributed by atoms with E-state index >= 15 is 0 Å². The van der Waals surface area contributed by atoms with Gasteiger partial charge >= 0.3 is 0 Å². The van der Waals surface area contributed by atoms with Gasteiger partial charge in [0.05, 0.1) is 0 Å². The van der Waals surface area contributed by atoms with Gasteiger partial charge in [0.25, 0.3) is 0 Å². The summed E-state index contributed by atoms with van der Waals surface area (Å²) in [6.45, 7) is 11.8. The Labute approximate surface area is 112 Å². The van der Waals surface area contributed by atoms with E-state index in [2.05, 4.69) is 70.8 Å². The van der Waals surface area contributed by atoms with Gasteiger partial charge in [-0.2, -0.15) is 0 Å². The topological polar surface area (TPSA) is 29.3 Å². The van der Waals surface area contributed by atoms with E-state index in [0.717, 1.165) is 13.0 Å². The minimum absolute atomic E-state index is 0.0976. The zero-order valence-corrected chi connectivity index (χ0v) is 12.7. The zero-order chi connectivity index (χ0) is 14.0. The average molecular weight is 248 g/mol. The number of hydrogen-bond donors (Lipinski definition) is 1. The Morgan fingerprint density at radius 2 is 1.50 bits per heavy atom. The minimum atomic E-state index is -0.0976. The van der Waals surface area contributed by atoms with E-state index in [4.69, 9.17) is 5.73 Å². The molecule has 0 bridgehead atoms. The van der Waals surface area contributed by atoms with Crippen LogP contribution in [0.4, 0.5) is 5.69 Å². The summed E-state index contributed by atoms with van der Waals surface area (Å²) in [5.41, 5.74) is 8.77. The fourth-order valence-electron chi connectivity index (χ4n) is 1.80. The molecule has 0 spiro atoms. The maximum atomic E-state index is 6.02. The molecule has 0 aliphatic carbocycles. The summed E-state index contributed by atoms with van der Waals surface area (Å²) in [5.74, 6) is 0. The number of hydrogen-bond acceptors (Lipinski definition) is 2. The summed E-state index contributed by atoms with van der Waals surface area (Å²) in [4.78, 5) is 2.26. The third-order valence-electron chi connectivity index (χ3n) is 3.27. The Bertz CT molecular complexity index is 366. The first kappa shape index (κ1) is 15.0. The van der Waals surface area contributed by atoms with Crippen molar-refractivity contribution in [3.05, 3.63) is 29.8 Å². The molecule has 2 nitrogen and oxygen atoms in total. The molecule has 0 amide bonds. The predicted molar refractivity (Wildman–Crippen MR) is 81.3 cm³/mol. The maximum absolute atomic E-state index is 6.02. The van der Waals surface area contributed by atoms with Gasteiger partial charge in [-0.05, 0) is 43.4 Å². The molecule has 0 aromatic heterocycles. The molecule has 1 rings (SSSR count). The summed E-state index contributed by atoms with van der Waals surface area (Å²) < 4.78 is 0. The van der Waals surface area contributed by atoms with Crippen molar-refractivity contribution in [2.24, 2.45) is 5.73 Å². The van der Waals surface area contributed by atoms with Gasteiger partial charge in [-0.3, -0.25) is 0 Å². The van der Waals surface area contributed by atoms with Crippen molar-refractivity contribution in [1.82, 2.24) is 0 Å². The predicted octanol–water partition coefficient (Wildman–Crippen LogP) is 3.55. The van der Waals surface area contributed by atoms with E-state index in [0.29, 0.717) is 0 Å². The van der Waals surface area contributed by atoms with Crippen LogP contribution in [0.2, 0.25) is 0 Å². The molecule has 1 aromatic rings. The molecule has 0 heterocycles. The van der Waals surface area contributed by atoms with E-state index in [-0.39, 0.29) is 11.0 Å². The van der Waals surface area contributed by atoms with Crippen molar-refractivity contribution in [3.63, 3.8) is 0 Å². The molecular formula is C16H28N2. The molecule has 0 aliphatic rings. The molecule has 0 aliphatic heterocycles. The fourth-order valence-corrected chi connectivity index (χ4v) is 1.80. The molecule has 0 saturated heterocycles. The second-order valence-corrected chi connectivity index (χ2v) is 6.96. The van der Waals surface area contributed by atoms with Crippen molar-refractivity contribution in [2.75, 3.05) is 18.5 Å². The molecule has 2 N–H and O–H groups in total. The number of nitrogens with two attached hydrogens (primary N) is 1. The van der Waals surface area contributed by atoms with Crippen LogP contribution in [0.3, 0.4) is 0 Å². The van der Waals surface area contributed by atoms with Crippen molar-refractivity contribution < 1.29 is 0 Å². The van der Waals surface area contributed by atoms with Gasteiger partial charge in [-0.25, -0.2) is 0 Å². The van der Waals surface area contributed by atoms with Crippen LogP contribution in [-0.4, -0.2) is 19.1 Å². The SMILES string of the molecule is CN(CCC(C)(C)N)c1ccc(C(C)(C)C)cc1. The first-order chi connectivity index (χ1) is 8.09. The van der Waals surface area contributed by atoms with E-state index in [9.17, 15) is 0 Å². The van der Waals surface area contributed by atoms with Crippen LogP contribution in [0, 0.1) is 0 Å². The maximum Gasteiger partial charge on any atom is 0.0363 e. The number of anilines is 1. The lowest BCUT2D eigenvalue weighted by Crippen LogP contribution is -2.36. The summed E-state index contributed by atoms with van der Waals surface area (Å²) in [6.07, 6.45) is 0.991. The Balaban J connectivity index is 2.68. The second kappa shape index (κ2) is 5.31. The average Bonchev–Trinajstić information content (AvgIpc) is 2.24. The van der Waals surface area contributed by atoms with Crippen molar-refractivity contribution in [1.29, 1.82) is 0 Å². The molecule has 0 atom stereocenters. The molecule has 0 fully saturated rings. The van der Waals surface area contributed by atoms with Gasteiger partial charge in [-0.15, -0.1) is 0 Å². The zero-order valence-electron chi connectivity index (χ0n) is 12.7. The summed E-state index contributed by atoms with van der Waals surface area (Å²) >= 11 is 0. The van der Waals surface area contributed by atoms with Crippen LogP contribution in [-0.2, 0) is 5.41 Å². The summed E-state index contributed by atoms with van der Waals surface area (Å²) in [5, 5.41) is 0. The normalized spacial score (nSPS) is 12.6. The molecule has 0 saturated carbocycles. The summed E-state index contributed by atoms with van der Waals surface area (Å²) in [7, 11) is 2.12. The number of nitrogens with zero attached hydrogens (tertiary/aromatic N) is 1. The highest BCUT2D eigenvalue weighted by atomic mass is 15.1. The smallest absolute Gasteiger partial charge is 0.0363 e. The van der Waals surface area contributed by atoms with E-state index in [1.165, 1.54) is 11.3 Å². The van der Waals surface area contributed by atoms with Gasteiger partial charge in [0, 0.05) is 24.8 Å². The van der Waals surface area contributed by atoms with Gasteiger partial charge in [0.15, 0.2) is 0 Å². The Kier molecular flexibility index (Phi) is 4.44. The molecule has 18 heavy (non-hydrogen) atoms. The van der Waals surface area contributed by atoms with Crippen LogP contribution >= 0.6 is 0 Å². The molecule has 0 radical (unpaired) electrons. The quantitative estimate of drug-likeness (QED) is 0.883. The fraction of sp³-hybridized carbons (Fsp3) is 0.625. The third-order valence-corrected chi connectivity index (χ3v) is 3.27. The number of benzene rings is 1. The highest BCUT2D eigenvalue weighted by molar-refractivity contribution is 5.47. The standard InChI is InChI=1S/C16H28N2/c1-15(2,3)13-7-9-14(10-8-13)18(6)12-11-16(4,5)17/h7-10H,11-12,17H2,1-6H3. The highest BCUT2D eigenvalue weighted by Gasteiger charge is 2.14. The van der Waals surface area contributed by atoms with Crippen LogP contribution in [0.5, 0.6) is 0 Å². The molecule has 0 unspecified atom stereocenters. The minimum Gasteiger partial charge on any atom is -0.375 e. The largest absolute Gasteiger partial charge is 0.375 e. The lowest BCUT2D eigenvalue weighted by atomic mass is 9.87. The molecule has 102 valence electrons. The van der Waals surface area contributed by atoms with Crippen LogP contribution in [0.25, 0.3) is 0 Å². The summed E-state index contributed by atoms with van der Waals surface area (Å²) in [6, 6.07) is 8.84. The van der Waals surface area contributed by atoms with E-state index < -0.39 is 0 Å². The van der Waals surface area contributed by atoms with E-state index in [1.807, 2.05) is 0 Å². The molecule has 2 heteroatoms. The lowest BCUT2D eigenvalue weighted by Gasteiger charge is -2.26. The third kappa shape index (κ3) is 4.69. The first-order valence-electron chi connectivity index (χ1n) is 6.70. The van der Waals surface area contributed by atoms with Gasteiger partial charge in [-0.1, -0.05) is 32.9 Å². The van der Waals surface area contributed by atoms with Gasteiger partial charge < -0.3 is 10.6 Å². The second-order valence-electron chi connectivity index (χ2n) is 6.96. The molecular weight excluding hydrogens is 220 g/mol. The Morgan fingerprint density at radius 1 is 1.00 bits per heavy atom. The van der Waals surface area contributed by atoms with Gasteiger partial charge in [0.2, 0.25) is 0 Å². The first-order valence-corrected chi connectivity index (χ1v) is 6.70. The molecule has 1 aromatic carbocycles. The lowest BCUT2D eigenvalue weighted by molar-refractivity contribution is 0.479. The van der Waals surface area contributed by atoms with Crippen LogP contribution < -0.4 is 10.6 Å². The monoisotopic (exact) mass is 248 g/mol.